The summed E-state index contributed by atoms with van der Waals surface area (Å²) < 4.78 is 18.5. The molecular weight excluding hydrogens is 429 g/mol. The summed E-state index contributed by atoms with van der Waals surface area (Å²) in [5.74, 6) is 0.0955. The summed E-state index contributed by atoms with van der Waals surface area (Å²) in [7, 11) is 1.76. The average Bonchev–Trinajstić information content (AvgIpc) is 3.08. The quantitative estimate of drug-likeness (QED) is 0.635. The molecule has 0 bridgehead atoms. The molecule has 6 nitrogen and oxygen atoms in total. The predicted molar refractivity (Wildman–Crippen MR) is 124 cm³/mol. The van der Waals surface area contributed by atoms with Gasteiger partial charge in [0.25, 0.3) is 5.91 Å². The smallest absolute Gasteiger partial charge is 0.410 e. The molecule has 0 aliphatic carbocycles. The molecule has 1 aliphatic rings. The Morgan fingerprint density at radius 1 is 1.22 bits per heavy atom. The number of piperidine rings is 1. The number of aromatic nitrogens is 1. The molecule has 2 heterocycles. The van der Waals surface area contributed by atoms with Gasteiger partial charge in [0.2, 0.25) is 0 Å². The van der Waals surface area contributed by atoms with Crippen molar-refractivity contribution in [1.29, 1.82) is 0 Å². The van der Waals surface area contributed by atoms with Crippen LogP contribution in [0.1, 0.15) is 59.5 Å². The molecule has 0 unspecified atom stereocenters. The third-order valence-corrected chi connectivity index (χ3v) is 6.59. The normalized spacial score (nSPS) is 15.0. The lowest BCUT2D eigenvalue weighted by Crippen LogP contribution is -2.43. The maximum Gasteiger partial charge on any atom is 0.410 e. The Morgan fingerprint density at radius 2 is 1.84 bits per heavy atom. The molecule has 0 atom stereocenters. The highest BCUT2D eigenvalue weighted by molar-refractivity contribution is 7.13. The Bertz CT molecular complexity index is 944. The van der Waals surface area contributed by atoms with Gasteiger partial charge in [0, 0.05) is 33.1 Å². The number of halogens is 1. The van der Waals surface area contributed by atoms with Crippen molar-refractivity contribution >= 4 is 23.3 Å². The highest BCUT2D eigenvalue weighted by Crippen LogP contribution is 2.26. The summed E-state index contributed by atoms with van der Waals surface area (Å²) in [6, 6.07) is 6.36. The van der Waals surface area contributed by atoms with Crippen molar-refractivity contribution in [3.63, 3.8) is 0 Å². The Labute approximate surface area is 193 Å². The van der Waals surface area contributed by atoms with E-state index in [-0.39, 0.29) is 17.8 Å². The lowest BCUT2D eigenvalue weighted by Gasteiger charge is -2.34. The topological polar surface area (TPSA) is 62.7 Å². The van der Waals surface area contributed by atoms with Crippen LogP contribution < -0.4 is 0 Å². The Balaban J connectivity index is 1.53. The maximum absolute atomic E-state index is 13.1. The van der Waals surface area contributed by atoms with E-state index >= 15 is 0 Å². The molecule has 0 radical (unpaired) electrons. The first-order valence-corrected chi connectivity index (χ1v) is 11.8. The highest BCUT2D eigenvalue weighted by Gasteiger charge is 2.28. The van der Waals surface area contributed by atoms with E-state index in [0.29, 0.717) is 36.9 Å². The summed E-state index contributed by atoms with van der Waals surface area (Å²) in [4.78, 5) is 34.0. The molecule has 3 rings (SSSR count). The molecule has 1 aliphatic heterocycles. The van der Waals surface area contributed by atoms with Crippen LogP contribution in [0.2, 0.25) is 0 Å². The number of hydrogen-bond donors (Lipinski definition) is 0. The van der Waals surface area contributed by atoms with Crippen LogP contribution in [0.15, 0.2) is 24.3 Å². The van der Waals surface area contributed by atoms with Crippen molar-refractivity contribution in [1.82, 2.24) is 14.8 Å². The summed E-state index contributed by atoms with van der Waals surface area (Å²) in [6.45, 7) is 9.38. The lowest BCUT2D eigenvalue weighted by atomic mass is 9.96. The van der Waals surface area contributed by atoms with Crippen LogP contribution in [-0.4, -0.2) is 59.1 Å². The van der Waals surface area contributed by atoms with E-state index in [2.05, 4.69) is 4.98 Å². The molecule has 0 spiro atoms. The number of rotatable bonds is 5. The van der Waals surface area contributed by atoms with Crippen LogP contribution in [-0.2, 0) is 11.2 Å². The van der Waals surface area contributed by atoms with Gasteiger partial charge in [-0.3, -0.25) is 4.79 Å². The van der Waals surface area contributed by atoms with E-state index < -0.39 is 5.60 Å². The van der Waals surface area contributed by atoms with Crippen molar-refractivity contribution in [3.05, 3.63) is 51.2 Å². The highest BCUT2D eigenvalue weighted by atomic mass is 32.1. The molecule has 174 valence electrons. The first-order valence-electron chi connectivity index (χ1n) is 11.0. The molecule has 2 aromatic rings. The van der Waals surface area contributed by atoms with Gasteiger partial charge in [-0.05, 0) is 64.2 Å². The Morgan fingerprint density at radius 3 is 2.44 bits per heavy atom. The number of amides is 2. The van der Waals surface area contributed by atoms with E-state index in [0.717, 1.165) is 29.1 Å². The third-order valence-electron chi connectivity index (χ3n) is 5.44. The van der Waals surface area contributed by atoms with Crippen molar-refractivity contribution in [2.45, 2.75) is 52.6 Å². The van der Waals surface area contributed by atoms with E-state index in [4.69, 9.17) is 4.74 Å². The van der Waals surface area contributed by atoms with Crippen LogP contribution in [0, 0.1) is 18.7 Å². The molecule has 1 aromatic carbocycles. The van der Waals surface area contributed by atoms with Crippen LogP contribution in [0.3, 0.4) is 0 Å². The van der Waals surface area contributed by atoms with E-state index in [1.54, 1.807) is 24.1 Å². The summed E-state index contributed by atoms with van der Waals surface area (Å²) >= 11 is 1.42. The Kier molecular flexibility index (Phi) is 7.54. The second kappa shape index (κ2) is 9.98. The van der Waals surface area contributed by atoms with E-state index in [1.165, 1.54) is 23.5 Å². The van der Waals surface area contributed by atoms with Gasteiger partial charge in [-0.15, -0.1) is 11.3 Å². The zero-order valence-electron chi connectivity index (χ0n) is 19.5. The number of ether oxygens (including phenoxy) is 1. The maximum atomic E-state index is 13.1. The Hall–Kier alpha value is -2.48. The van der Waals surface area contributed by atoms with Crippen molar-refractivity contribution in [2.24, 2.45) is 5.92 Å². The van der Waals surface area contributed by atoms with E-state index in [1.807, 2.05) is 32.6 Å². The number of carbonyl (C=O) groups excluding carboxylic acids is 2. The number of likely N-dealkylation sites (tertiary alicyclic amines) is 1. The SMILES string of the molecule is Cc1nc(Cc2ccc(F)cc2)sc1C(=O)N1CCC(CN(C)C(=O)OC(C)(C)C)CC1. The predicted octanol–water partition coefficient (Wildman–Crippen LogP) is 4.90. The first-order chi connectivity index (χ1) is 15.0. The van der Waals surface area contributed by atoms with Gasteiger partial charge in [0.05, 0.1) is 10.7 Å². The van der Waals surface area contributed by atoms with E-state index in [9.17, 15) is 14.0 Å². The third kappa shape index (κ3) is 6.51. The minimum Gasteiger partial charge on any atom is -0.444 e. The van der Waals surface area contributed by atoms with Crippen molar-refractivity contribution < 1.29 is 18.7 Å². The minimum atomic E-state index is -0.511. The fourth-order valence-corrected chi connectivity index (χ4v) is 4.83. The number of aryl methyl sites for hydroxylation is 1. The molecule has 1 aromatic heterocycles. The van der Waals surface area contributed by atoms with Gasteiger partial charge in [-0.2, -0.15) is 0 Å². The van der Waals surface area contributed by atoms with Gasteiger partial charge in [0.15, 0.2) is 0 Å². The van der Waals surface area contributed by atoms with Gasteiger partial charge >= 0.3 is 6.09 Å². The zero-order chi connectivity index (χ0) is 23.5. The number of hydrogen-bond acceptors (Lipinski definition) is 5. The van der Waals surface area contributed by atoms with Crippen LogP contribution in [0.4, 0.5) is 9.18 Å². The second-order valence-corrected chi connectivity index (χ2v) is 10.5. The summed E-state index contributed by atoms with van der Waals surface area (Å²) in [5, 5.41) is 0.853. The number of carbonyl (C=O) groups is 2. The molecule has 2 amide bonds. The van der Waals surface area contributed by atoms with Gasteiger partial charge < -0.3 is 14.5 Å². The molecule has 1 saturated heterocycles. The zero-order valence-corrected chi connectivity index (χ0v) is 20.3. The van der Waals surface area contributed by atoms with Crippen molar-refractivity contribution in [2.75, 3.05) is 26.7 Å². The number of benzene rings is 1. The van der Waals surface area contributed by atoms with Crippen molar-refractivity contribution in [3.8, 4) is 0 Å². The molecular formula is C24H32FN3O3S. The second-order valence-electron chi connectivity index (χ2n) is 9.42. The standard InChI is InChI=1S/C24H32FN3O3S/c1-16-21(32-20(26-16)14-17-6-8-19(25)9-7-17)22(29)28-12-10-18(11-13-28)15-27(5)23(30)31-24(2,3)4/h6-9,18H,10-15H2,1-5H3. The fourth-order valence-electron chi connectivity index (χ4n) is 3.77. The minimum absolute atomic E-state index is 0.0179. The fraction of sp³-hybridized carbons (Fsp3) is 0.542. The summed E-state index contributed by atoms with van der Waals surface area (Å²) in [5.41, 5.74) is 1.20. The van der Waals surface area contributed by atoms with Crippen LogP contribution >= 0.6 is 11.3 Å². The molecule has 0 saturated carbocycles. The molecule has 8 heteroatoms. The van der Waals surface area contributed by atoms with Gasteiger partial charge in [-0.1, -0.05) is 12.1 Å². The van der Waals surface area contributed by atoms with Crippen LogP contribution in [0.5, 0.6) is 0 Å². The molecule has 0 N–H and O–H groups in total. The van der Waals surface area contributed by atoms with Crippen LogP contribution in [0.25, 0.3) is 0 Å². The van der Waals surface area contributed by atoms with Gasteiger partial charge in [0.1, 0.15) is 16.3 Å². The summed E-state index contributed by atoms with van der Waals surface area (Å²) in [6.07, 6.45) is 1.96. The number of thiazole rings is 1. The lowest BCUT2D eigenvalue weighted by molar-refractivity contribution is 0.0246. The average molecular weight is 462 g/mol. The largest absolute Gasteiger partial charge is 0.444 e. The van der Waals surface area contributed by atoms with Gasteiger partial charge in [-0.25, -0.2) is 14.2 Å². The monoisotopic (exact) mass is 461 g/mol. The first kappa shape index (κ1) is 24.2. The number of nitrogens with zero attached hydrogens (tertiary/aromatic N) is 3. The molecule has 32 heavy (non-hydrogen) atoms. The molecule has 1 fully saturated rings.